The standard InChI is InChI=1S/C29H48.C4H10/c1-6-8-9-10-11-23-13-15-26-25-14-12-24-20-22(21(3)7-2)16-18-29(24,5)27(25)17-19-28(23,26)4;1-3-4-2/h7,12,22-23,25-27H,6,8-11,13-20H2,1-5H3;3-4H2,1-2H3/b21-7-;. The lowest BCUT2D eigenvalue weighted by molar-refractivity contribution is -0.0446. The molecule has 7 atom stereocenters. The Bertz CT molecular complexity index is 666. The summed E-state index contributed by atoms with van der Waals surface area (Å²) in [7, 11) is 0. The van der Waals surface area contributed by atoms with Gasteiger partial charge in [0.25, 0.3) is 0 Å². The molecule has 0 bridgehead atoms. The van der Waals surface area contributed by atoms with Crippen molar-refractivity contribution in [2.75, 3.05) is 0 Å². The van der Waals surface area contributed by atoms with Gasteiger partial charge < -0.3 is 0 Å². The smallest absolute Gasteiger partial charge is 0.00849 e. The molecule has 4 aliphatic carbocycles. The Balaban J connectivity index is 0.000000709. The molecule has 33 heavy (non-hydrogen) atoms. The molecule has 0 aliphatic heterocycles. The van der Waals surface area contributed by atoms with Crippen molar-refractivity contribution in [3.8, 4) is 0 Å². The first-order valence-electron chi connectivity index (χ1n) is 15.2. The van der Waals surface area contributed by atoms with Crippen LogP contribution in [0.4, 0.5) is 0 Å². The number of unbranched alkanes of at least 4 members (excludes halogenated alkanes) is 4. The molecule has 0 heterocycles. The van der Waals surface area contributed by atoms with Gasteiger partial charge in [-0.15, -0.1) is 0 Å². The van der Waals surface area contributed by atoms with Gasteiger partial charge in [-0.1, -0.05) is 96.4 Å². The highest BCUT2D eigenvalue weighted by Gasteiger charge is 2.58. The molecule has 0 nitrogen and oxygen atoms in total. The summed E-state index contributed by atoms with van der Waals surface area (Å²) in [6.07, 6.45) is 26.8. The molecule has 4 rings (SSSR count). The van der Waals surface area contributed by atoms with Crippen LogP contribution in [0, 0.1) is 40.4 Å². The summed E-state index contributed by atoms with van der Waals surface area (Å²) >= 11 is 0. The van der Waals surface area contributed by atoms with E-state index in [9.17, 15) is 0 Å². The number of fused-ring (bicyclic) bond motifs is 5. The Hall–Kier alpha value is -0.520. The van der Waals surface area contributed by atoms with Crippen LogP contribution >= 0.6 is 0 Å². The molecule has 4 aliphatic rings. The van der Waals surface area contributed by atoms with Crippen LogP contribution in [0.5, 0.6) is 0 Å². The molecule has 0 aromatic heterocycles. The third-order valence-electron chi connectivity index (χ3n) is 11.3. The summed E-state index contributed by atoms with van der Waals surface area (Å²) in [6.45, 7) is 16.7. The van der Waals surface area contributed by atoms with Crippen molar-refractivity contribution >= 4 is 0 Å². The minimum atomic E-state index is 0.522. The topological polar surface area (TPSA) is 0 Å². The van der Waals surface area contributed by atoms with E-state index in [1.165, 1.54) is 96.3 Å². The molecular formula is C33H58. The van der Waals surface area contributed by atoms with Gasteiger partial charge in [0.1, 0.15) is 0 Å². The lowest BCUT2D eigenvalue weighted by Gasteiger charge is -2.58. The molecule has 0 spiro atoms. The zero-order valence-corrected chi connectivity index (χ0v) is 23.6. The van der Waals surface area contributed by atoms with Crippen LogP contribution < -0.4 is 0 Å². The lowest BCUT2D eigenvalue weighted by atomic mass is 9.46. The fourth-order valence-electron chi connectivity index (χ4n) is 8.69. The molecule has 0 saturated heterocycles. The maximum absolute atomic E-state index is 2.76. The van der Waals surface area contributed by atoms with Crippen LogP contribution in [0.3, 0.4) is 0 Å². The average Bonchev–Trinajstić information content (AvgIpc) is 3.17. The van der Waals surface area contributed by atoms with Crippen molar-refractivity contribution in [2.24, 2.45) is 40.4 Å². The van der Waals surface area contributed by atoms with Gasteiger partial charge in [0.05, 0.1) is 0 Å². The molecule has 0 heteroatoms. The number of rotatable bonds is 7. The fraction of sp³-hybridized carbons (Fsp3) is 0.879. The fourth-order valence-corrected chi connectivity index (χ4v) is 8.69. The van der Waals surface area contributed by atoms with Crippen LogP contribution in [-0.2, 0) is 0 Å². The first-order chi connectivity index (χ1) is 15.9. The summed E-state index contributed by atoms with van der Waals surface area (Å²) in [4.78, 5) is 0. The monoisotopic (exact) mass is 454 g/mol. The van der Waals surface area contributed by atoms with E-state index in [4.69, 9.17) is 0 Å². The Kier molecular flexibility index (Phi) is 9.80. The molecule has 190 valence electrons. The van der Waals surface area contributed by atoms with Gasteiger partial charge in [0, 0.05) is 0 Å². The van der Waals surface area contributed by atoms with Crippen molar-refractivity contribution < 1.29 is 0 Å². The summed E-state index contributed by atoms with van der Waals surface area (Å²) in [6, 6.07) is 0. The van der Waals surface area contributed by atoms with Crippen LogP contribution in [0.15, 0.2) is 23.3 Å². The Morgan fingerprint density at radius 1 is 0.909 bits per heavy atom. The Labute approximate surface area is 208 Å². The number of hydrogen-bond donors (Lipinski definition) is 0. The zero-order valence-electron chi connectivity index (χ0n) is 23.6. The summed E-state index contributed by atoms with van der Waals surface area (Å²) in [5.41, 5.74) is 4.67. The zero-order chi connectivity index (χ0) is 24.1. The highest BCUT2D eigenvalue weighted by molar-refractivity contribution is 5.27. The molecule has 7 unspecified atom stereocenters. The normalized spacial score (nSPS) is 40.2. The van der Waals surface area contributed by atoms with Crippen molar-refractivity contribution in [3.63, 3.8) is 0 Å². The summed E-state index contributed by atoms with van der Waals surface area (Å²) < 4.78 is 0. The third-order valence-corrected chi connectivity index (χ3v) is 11.3. The van der Waals surface area contributed by atoms with E-state index in [1.54, 1.807) is 5.57 Å². The summed E-state index contributed by atoms with van der Waals surface area (Å²) in [5, 5.41) is 0. The minimum Gasteiger partial charge on any atom is -0.0884 e. The third kappa shape index (κ3) is 5.51. The molecular weight excluding hydrogens is 396 g/mol. The highest BCUT2D eigenvalue weighted by Crippen LogP contribution is 2.67. The van der Waals surface area contributed by atoms with Gasteiger partial charge in [-0.05, 0) is 112 Å². The molecule has 3 fully saturated rings. The predicted octanol–water partition coefficient (Wildman–Crippen LogP) is 10.9. The molecule has 3 saturated carbocycles. The van der Waals surface area contributed by atoms with E-state index in [2.05, 4.69) is 60.6 Å². The Morgan fingerprint density at radius 2 is 1.67 bits per heavy atom. The maximum Gasteiger partial charge on any atom is -0.00849 e. The van der Waals surface area contributed by atoms with E-state index in [0.29, 0.717) is 10.8 Å². The average molecular weight is 455 g/mol. The van der Waals surface area contributed by atoms with Crippen LogP contribution in [0.2, 0.25) is 0 Å². The van der Waals surface area contributed by atoms with Crippen molar-refractivity contribution in [2.45, 2.75) is 145 Å². The summed E-state index contributed by atoms with van der Waals surface area (Å²) in [5.74, 6) is 4.83. The second-order valence-electron chi connectivity index (χ2n) is 12.9. The molecule has 0 aromatic rings. The number of hydrogen-bond acceptors (Lipinski definition) is 0. The minimum absolute atomic E-state index is 0.522. The molecule has 0 amide bonds. The van der Waals surface area contributed by atoms with Crippen LogP contribution in [0.25, 0.3) is 0 Å². The highest BCUT2D eigenvalue weighted by atomic mass is 14.6. The predicted molar refractivity (Wildman–Crippen MR) is 147 cm³/mol. The van der Waals surface area contributed by atoms with Gasteiger partial charge in [0.15, 0.2) is 0 Å². The maximum atomic E-state index is 2.76. The molecule has 0 aromatic carbocycles. The van der Waals surface area contributed by atoms with Crippen molar-refractivity contribution in [3.05, 3.63) is 23.3 Å². The van der Waals surface area contributed by atoms with Gasteiger partial charge in [0.2, 0.25) is 0 Å². The second kappa shape index (κ2) is 11.9. The molecule has 0 N–H and O–H groups in total. The first kappa shape index (κ1) is 27.1. The SMILES string of the molecule is C/C=C(/C)C1CCC2(C)C(=CCC3C2CCC2(C)C(CCCCCC)CCC32)C1.CCCC. The Morgan fingerprint density at radius 3 is 2.33 bits per heavy atom. The van der Waals surface area contributed by atoms with E-state index in [1.807, 2.05) is 5.57 Å². The van der Waals surface area contributed by atoms with Gasteiger partial charge in [-0.25, -0.2) is 0 Å². The van der Waals surface area contributed by atoms with E-state index < -0.39 is 0 Å². The molecule has 0 radical (unpaired) electrons. The van der Waals surface area contributed by atoms with Gasteiger partial charge in [-0.3, -0.25) is 0 Å². The van der Waals surface area contributed by atoms with Crippen molar-refractivity contribution in [1.82, 2.24) is 0 Å². The van der Waals surface area contributed by atoms with Gasteiger partial charge >= 0.3 is 0 Å². The quantitative estimate of drug-likeness (QED) is 0.265. The van der Waals surface area contributed by atoms with E-state index in [0.717, 1.165) is 29.6 Å². The lowest BCUT2D eigenvalue weighted by Crippen LogP contribution is -2.50. The van der Waals surface area contributed by atoms with E-state index in [-0.39, 0.29) is 0 Å². The van der Waals surface area contributed by atoms with Crippen LogP contribution in [-0.4, -0.2) is 0 Å². The van der Waals surface area contributed by atoms with Crippen LogP contribution in [0.1, 0.15) is 145 Å². The largest absolute Gasteiger partial charge is 0.0884 e. The number of allylic oxidation sites excluding steroid dienone is 4. The van der Waals surface area contributed by atoms with Gasteiger partial charge in [-0.2, -0.15) is 0 Å². The first-order valence-corrected chi connectivity index (χ1v) is 15.2. The second-order valence-corrected chi connectivity index (χ2v) is 12.9. The van der Waals surface area contributed by atoms with E-state index >= 15 is 0 Å². The van der Waals surface area contributed by atoms with Crippen molar-refractivity contribution in [1.29, 1.82) is 0 Å².